The average molecular weight is 216 g/mol. The molecule has 82 valence electrons. The number of rotatable bonds is 4. The van der Waals surface area contributed by atoms with Gasteiger partial charge in [-0.3, -0.25) is 0 Å². The Labute approximate surface area is 94.5 Å². The van der Waals surface area contributed by atoms with E-state index in [9.17, 15) is 4.39 Å². The van der Waals surface area contributed by atoms with Crippen molar-refractivity contribution in [3.63, 3.8) is 0 Å². The molecule has 0 heterocycles. The molecule has 0 aliphatic carbocycles. The molecule has 16 heavy (non-hydrogen) atoms. The molecule has 0 spiro atoms. The largest absolute Gasteiger partial charge is 0.463 e. The predicted molar refractivity (Wildman–Crippen MR) is 62.3 cm³/mol. The average Bonchev–Trinajstić information content (AvgIpc) is 2.33. The molecule has 0 N–H and O–H groups in total. The summed E-state index contributed by atoms with van der Waals surface area (Å²) in [5.41, 5.74) is 2.20. The Morgan fingerprint density at radius 2 is 1.56 bits per heavy atom. The Morgan fingerprint density at radius 1 is 0.875 bits per heavy atom. The smallest absolute Gasteiger partial charge is 0.228 e. The lowest BCUT2D eigenvalue weighted by Gasteiger charge is -2.08. The highest BCUT2D eigenvalue weighted by Crippen LogP contribution is 2.21. The Hall–Kier alpha value is -1.83. The highest BCUT2D eigenvalue weighted by Gasteiger charge is 2.03. The summed E-state index contributed by atoms with van der Waals surface area (Å²) in [6.07, 6.45) is 0.761. The zero-order valence-corrected chi connectivity index (χ0v) is 8.90. The number of ether oxygens (including phenoxy) is 1. The Morgan fingerprint density at radius 3 is 2.31 bits per heavy atom. The van der Waals surface area contributed by atoms with Crippen LogP contribution in [0.25, 0.3) is 0 Å². The summed E-state index contributed by atoms with van der Waals surface area (Å²) in [4.78, 5) is 0. The minimum Gasteiger partial charge on any atom is -0.463 e. The molecule has 0 saturated carbocycles. The Bertz CT molecular complexity index is 439. The topological polar surface area (TPSA) is 9.23 Å². The molecule has 0 saturated heterocycles. The molecule has 0 amide bonds. The fourth-order valence-corrected chi connectivity index (χ4v) is 1.67. The maximum Gasteiger partial charge on any atom is 0.228 e. The van der Waals surface area contributed by atoms with Crippen molar-refractivity contribution in [1.29, 1.82) is 0 Å². The van der Waals surface area contributed by atoms with Crippen LogP contribution in [0.2, 0.25) is 0 Å². The lowest BCUT2D eigenvalue weighted by Crippen LogP contribution is -1.96. The number of para-hydroxylation sites is 1. The van der Waals surface area contributed by atoms with E-state index in [1.54, 1.807) is 6.07 Å². The van der Waals surface area contributed by atoms with E-state index in [1.807, 2.05) is 48.5 Å². The van der Waals surface area contributed by atoms with E-state index in [0.717, 1.165) is 12.0 Å². The van der Waals surface area contributed by atoms with E-state index in [4.69, 9.17) is 4.74 Å². The van der Waals surface area contributed by atoms with Gasteiger partial charge in [0.25, 0.3) is 0 Å². The van der Waals surface area contributed by atoms with Crippen molar-refractivity contribution in [2.24, 2.45) is 0 Å². The van der Waals surface area contributed by atoms with E-state index in [1.165, 1.54) is 5.56 Å². The van der Waals surface area contributed by atoms with Crippen molar-refractivity contribution >= 4 is 0 Å². The van der Waals surface area contributed by atoms with E-state index in [0.29, 0.717) is 5.75 Å². The summed E-state index contributed by atoms with van der Waals surface area (Å²) < 4.78 is 17.1. The highest BCUT2D eigenvalue weighted by molar-refractivity contribution is 5.37. The van der Waals surface area contributed by atoms with Gasteiger partial charge in [0.1, 0.15) is 5.75 Å². The normalized spacial score (nSPS) is 10.1. The van der Waals surface area contributed by atoms with Gasteiger partial charge in [-0.25, -0.2) is 4.39 Å². The SMILES string of the molecule is FCOc1ccccc1Cc1ccccc1. The van der Waals surface area contributed by atoms with Gasteiger partial charge >= 0.3 is 0 Å². The Kier molecular flexibility index (Phi) is 3.54. The molecule has 0 unspecified atom stereocenters. The van der Waals surface area contributed by atoms with Gasteiger partial charge in [0, 0.05) is 6.42 Å². The first-order chi connectivity index (χ1) is 7.90. The molecule has 2 heteroatoms. The van der Waals surface area contributed by atoms with Gasteiger partial charge in [-0.05, 0) is 17.2 Å². The minimum atomic E-state index is -0.786. The van der Waals surface area contributed by atoms with E-state index < -0.39 is 6.86 Å². The molecule has 0 radical (unpaired) electrons. The van der Waals surface area contributed by atoms with Crippen LogP contribution in [0.4, 0.5) is 4.39 Å². The molecule has 0 fully saturated rings. The monoisotopic (exact) mass is 216 g/mol. The molecule has 0 aliphatic rings. The third kappa shape index (κ3) is 2.60. The van der Waals surface area contributed by atoms with E-state index in [-0.39, 0.29) is 0 Å². The van der Waals surface area contributed by atoms with Gasteiger partial charge in [0.05, 0.1) is 0 Å². The van der Waals surface area contributed by atoms with Crippen LogP contribution in [0.15, 0.2) is 54.6 Å². The molecule has 0 aromatic heterocycles. The molecule has 0 bridgehead atoms. The van der Waals surface area contributed by atoms with Crippen molar-refractivity contribution in [2.75, 3.05) is 6.86 Å². The first-order valence-corrected chi connectivity index (χ1v) is 5.21. The molecule has 2 aromatic rings. The fourth-order valence-electron chi connectivity index (χ4n) is 1.67. The van der Waals surface area contributed by atoms with Crippen LogP contribution in [0.3, 0.4) is 0 Å². The third-order valence-electron chi connectivity index (χ3n) is 2.42. The second-order valence-electron chi connectivity index (χ2n) is 3.52. The number of alkyl halides is 1. The maximum atomic E-state index is 12.2. The first-order valence-electron chi connectivity index (χ1n) is 5.21. The molecule has 2 aromatic carbocycles. The van der Waals surface area contributed by atoms with Gasteiger partial charge in [0.15, 0.2) is 0 Å². The van der Waals surface area contributed by atoms with Gasteiger partial charge in [-0.2, -0.15) is 0 Å². The minimum absolute atomic E-state index is 0.619. The maximum absolute atomic E-state index is 12.2. The van der Waals surface area contributed by atoms with Crippen LogP contribution in [0.1, 0.15) is 11.1 Å². The van der Waals surface area contributed by atoms with Crippen LogP contribution < -0.4 is 4.74 Å². The number of hydrogen-bond donors (Lipinski definition) is 0. The number of halogens is 1. The molecular weight excluding hydrogens is 203 g/mol. The van der Waals surface area contributed by atoms with Crippen LogP contribution in [0.5, 0.6) is 5.75 Å². The second-order valence-corrected chi connectivity index (χ2v) is 3.52. The van der Waals surface area contributed by atoms with Crippen LogP contribution in [-0.2, 0) is 6.42 Å². The highest BCUT2D eigenvalue weighted by atomic mass is 19.1. The fraction of sp³-hybridized carbons (Fsp3) is 0.143. The van der Waals surface area contributed by atoms with Gasteiger partial charge in [0.2, 0.25) is 6.86 Å². The summed E-state index contributed by atoms with van der Waals surface area (Å²) >= 11 is 0. The summed E-state index contributed by atoms with van der Waals surface area (Å²) in [7, 11) is 0. The molecule has 0 aliphatic heterocycles. The van der Waals surface area contributed by atoms with Crippen LogP contribution in [-0.4, -0.2) is 6.86 Å². The number of hydrogen-bond acceptors (Lipinski definition) is 1. The van der Waals surface area contributed by atoms with Gasteiger partial charge < -0.3 is 4.74 Å². The lowest BCUT2D eigenvalue weighted by atomic mass is 10.0. The van der Waals surface area contributed by atoms with Crippen molar-refractivity contribution < 1.29 is 9.13 Å². The second kappa shape index (κ2) is 5.31. The van der Waals surface area contributed by atoms with Crippen LogP contribution in [0, 0.1) is 0 Å². The molecule has 2 rings (SSSR count). The number of benzene rings is 2. The summed E-state index contributed by atoms with van der Waals surface area (Å²) in [6.45, 7) is -0.786. The van der Waals surface area contributed by atoms with Crippen LogP contribution >= 0.6 is 0 Å². The summed E-state index contributed by atoms with van der Waals surface area (Å²) in [5.74, 6) is 0.619. The van der Waals surface area contributed by atoms with Crippen molar-refractivity contribution in [2.45, 2.75) is 6.42 Å². The molecule has 1 nitrogen and oxygen atoms in total. The lowest BCUT2D eigenvalue weighted by molar-refractivity contribution is 0.190. The quantitative estimate of drug-likeness (QED) is 0.759. The van der Waals surface area contributed by atoms with Crippen molar-refractivity contribution in [3.05, 3.63) is 65.7 Å². The molecular formula is C14H13FO. The van der Waals surface area contributed by atoms with E-state index in [2.05, 4.69) is 0 Å². The predicted octanol–water partition coefficient (Wildman–Crippen LogP) is 3.58. The standard InChI is InChI=1S/C14H13FO/c15-11-16-14-9-5-4-8-13(14)10-12-6-2-1-3-7-12/h1-9H,10-11H2. The van der Waals surface area contributed by atoms with Crippen molar-refractivity contribution in [3.8, 4) is 5.75 Å². The summed E-state index contributed by atoms with van der Waals surface area (Å²) in [5, 5.41) is 0. The zero-order valence-electron chi connectivity index (χ0n) is 8.90. The van der Waals surface area contributed by atoms with E-state index >= 15 is 0 Å². The van der Waals surface area contributed by atoms with Crippen molar-refractivity contribution in [1.82, 2.24) is 0 Å². The van der Waals surface area contributed by atoms with Gasteiger partial charge in [-0.1, -0.05) is 48.5 Å². The van der Waals surface area contributed by atoms with Gasteiger partial charge in [-0.15, -0.1) is 0 Å². The zero-order chi connectivity index (χ0) is 11.2. The molecule has 0 atom stereocenters. The Balaban J connectivity index is 2.21. The summed E-state index contributed by atoms with van der Waals surface area (Å²) in [6, 6.07) is 17.6. The first kappa shape index (κ1) is 10.7. The third-order valence-corrected chi connectivity index (χ3v) is 2.42.